The zero-order valence-electron chi connectivity index (χ0n) is 11.6. The molecular formula is C14H28N2O. The number of rotatable bonds is 5. The maximum atomic E-state index is 5.71. The molecule has 0 aliphatic heterocycles. The molecule has 3 nitrogen and oxygen atoms in total. The fourth-order valence-corrected chi connectivity index (χ4v) is 2.40. The van der Waals surface area contributed by atoms with E-state index in [1.54, 1.807) is 7.11 Å². The minimum atomic E-state index is -0.125. The highest BCUT2D eigenvalue weighted by molar-refractivity contribution is 5.12. The number of hydrogen-bond donors (Lipinski definition) is 2. The standard InChI is InChI=1S/C14H28N2O/c1-14(2,17-3)11-13(16-15)12-9-7-5-4-6-8-10-12/h9,13,16H,4-8,10-11,15H2,1-3H3. The average Bonchev–Trinajstić information content (AvgIpc) is 2.26. The van der Waals surface area contributed by atoms with Gasteiger partial charge in [-0.25, -0.2) is 0 Å². The van der Waals surface area contributed by atoms with Crippen LogP contribution in [0.3, 0.4) is 0 Å². The molecular weight excluding hydrogens is 212 g/mol. The molecule has 0 amide bonds. The second kappa shape index (κ2) is 7.14. The van der Waals surface area contributed by atoms with Crippen molar-refractivity contribution in [3.8, 4) is 0 Å². The van der Waals surface area contributed by atoms with Crippen LogP contribution in [0.4, 0.5) is 0 Å². The third-order valence-corrected chi connectivity index (χ3v) is 3.72. The van der Waals surface area contributed by atoms with E-state index in [9.17, 15) is 0 Å². The van der Waals surface area contributed by atoms with Gasteiger partial charge in [0.15, 0.2) is 0 Å². The molecule has 0 spiro atoms. The molecule has 3 N–H and O–H groups in total. The Morgan fingerprint density at radius 1 is 1.35 bits per heavy atom. The predicted octanol–water partition coefficient (Wildman–Crippen LogP) is 2.91. The van der Waals surface area contributed by atoms with Gasteiger partial charge in [0.2, 0.25) is 0 Å². The molecule has 0 aromatic carbocycles. The van der Waals surface area contributed by atoms with E-state index in [1.807, 2.05) is 0 Å². The van der Waals surface area contributed by atoms with Crippen LogP contribution in [0.1, 0.15) is 58.8 Å². The van der Waals surface area contributed by atoms with E-state index in [0.29, 0.717) is 0 Å². The van der Waals surface area contributed by atoms with Gasteiger partial charge in [0.05, 0.1) is 5.60 Å². The average molecular weight is 240 g/mol. The van der Waals surface area contributed by atoms with Gasteiger partial charge in [0, 0.05) is 13.2 Å². The molecule has 1 aliphatic carbocycles. The number of allylic oxidation sites excluding steroid dienone is 1. The zero-order valence-corrected chi connectivity index (χ0v) is 11.6. The first-order valence-electron chi connectivity index (χ1n) is 6.79. The van der Waals surface area contributed by atoms with Crippen molar-refractivity contribution < 1.29 is 4.74 Å². The van der Waals surface area contributed by atoms with Gasteiger partial charge >= 0.3 is 0 Å². The highest BCUT2D eigenvalue weighted by Gasteiger charge is 2.24. The summed E-state index contributed by atoms with van der Waals surface area (Å²) >= 11 is 0. The molecule has 0 fully saturated rings. The lowest BCUT2D eigenvalue weighted by Gasteiger charge is -2.30. The zero-order chi connectivity index (χ0) is 12.7. The first kappa shape index (κ1) is 14.7. The molecule has 3 heteroatoms. The Morgan fingerprint density at radius 3 is 2.71 bits per heavy atom. The Bertz CT molecular complexity index is 249. The topological polar surface area (TPSA) is 47.3 Å². The van der Waals surface area contributed by atoms with Crippen molar-refractivity contribution in [3.05, 3.63) is 11.6 Å². The summed E-state index contributed by atoms with van der Waals surface area (Å²) < 4.78 is 5.49. The lowest BCUT2D eigenvalue weighted by molar-refractivity contribution is 0.00960. The fourth-order valence-electron chi connectivity index (χ4n) is 2.40. The first-order valence-corrected chi connectivity index (χ1v) is 6.79. The summed E-state index contributed by atoms with van der Waals surface area (Å²) in [6.45, 7) is 4.22. The predicted molar refractivity (Wildman–Crippen MR) is 72.6 cm³/mol. The molecule has 1 unspecified atom stereocenters. The SMILES string of the molecule is COC(C)(C)CC(NN)C1=CCCCCCC1. The van der Waals surface area contributed by atoms with Gasteiger partial charge in [-0.3, -0.25) is 11.3 Å². The Hall–Kier alpha value is -0.380. The summed E-state index contributed by atoms with van der Waals surface area (Å²) in [6, 6.07) is 0.253. The van der Waals surface area contributed by atoms with Crippen LogP contribution in [0, 0.1) is 0 Å². The van der Waals surface area contributed by atoms with Crippen molar-refractivity contribution in [3.63, 3.8) is 0 Å². The van der Waals surface area contributed by atoms with Gasteiger partial charge in [0.25, 0.3) is 0 Å². The quantitative estimate of drug-likeness (QED) is 0.441. The second-order valence-corrected chi connectivity index (χ2v) is 5.62. The normalized spacial score (nSPS) is 20.4. The van der Waals surface area contributed by atoms with Gasteiger partial charge in [0.1, 0.15) is 0 Å². The van der Waals surface area contributed by atoms with E-state index < -0.39 is 0 Å². The van der Waals surface area contributed by atoms with E-state index in [1.165, 1.54) is 44.1 Å². The third kappa shape index (κ3) is 5.19. The molecule has 100 valence electrons. The van der Waals surface area contributed by atoms with Crippen molar-refractivity contribution in [2.24, 2.45) is 5.84 Å². The Balaban J connectivity index is 2.64. The van der Waals surface area contributed by atoms with Crippen molar-refractivity contribution in [2.75, 3.05) is 7.11 Å². The van der Waals surface area contributed by atoms with Gasteiger partial charge in [-0.05, 0) is 46.0 Å². The maximum Gasteiger partial charge on any atom is 0.0641 e. The van der Waals surface area contributed by atoms with Crippen molar-refractivity contribution >= 4 is 0 Å². The Labute approximate surface area is 106 Å². The van der Waals surface area contributed by atoms with E-state index in [2.05, 4.69) is 25.3 Å². The van der Waals surface area contributed by atoms with Crippen LogP contribution in [0.25, 0.3) is 0 Å². The van der Waals surface area contributed by atoms with Crippen LogP contribution >= 0.6 is 0 Å². The van der Waals surface area contributed by atoms with Gasteiger partial charge in [-0.2, -0.15) is 0 Å². The van der Waals surface area contributed by atoms with Gasteiger partial charge < -0.3 is 4.74 Å². The molecule has 1 rings (SSSR count). The lowest BCUT2D eigenvalue weighted by atomic mass is 9.89. The number of methoxy groups -OCH3 is 1. The fraction of sp³-hybridized carbons (Fsp3) is 0.857. The van der Waals surface area contributed by atoms with Crippen molar-refractivity contribution in [1.29, 1.82) is 0 Å². The summed E-state index contributed by atoms with van der Waals surface area (Å²) in [6.07, 6.45) is 11.0. The largest absolute Gasteiger partial charge is 0.379 e. The summed E-state index contributed by atoms with van der Waals surface area (Å²) in [5.41, 5.74) is 4.31. The third-order valence-electron chi connectivity index (χ3n) is 3.72. The number of nitrogens with one attached hydrogen (secondary N) is 1. The van der Waals surface area contributed by atoms with E-state index in [4.69, 9.17) is 10.6 Å². The van der Waals surface area contributed by atoms with Gasteiger partial charge in [-0.1, -0.05) is 24.5 Å². The summed E-state index contributed by atoms with van der Waals surface area (Å²) in [5, 5.41) is 0. The Morgan fingerprint density at radius 2 is 2.06 bits per heavy atom. The summed E-state index contributed by atoms with van der Waals surface area (Å²) in [5.74, 6) is 5.71. The molecule has 0 bridgehead atoms. The molecule has 0 heterocycles. The molecule has 0 aromatic rings. The van der Waals surface area contributed by atoms with Crippen LogP contribution in [0.15, 0.2) is 11.6 Å². The van der Waals surface area contributed by atoms with E-state index in [0.717, 1.165) is 6.42 Å². The first-order chi connectivity index (χ1) is 8.09. The van der Waals surface area contributed by atoms with E-state index >= 15 is 0 Å². The summed E-state index contributed by atoms with van der Waals surface area (Å²) in [4.78, 5) is 0. The highest BCUT2D eigenvalue weighted by atomic mass is 16.5. The second-order valence-electron chi connectivity index (χ2n) is 5.62. The molecule has 1 aliphatic rings. The van der Waals surface area contributed by atoms with Crippen LogP contribution in [-0.4, -0.2) is 18.8 Å². The van der Waals surface area contributed by atoms with Crippen molar-refractivity contribution in [2.45, 2.75) is 70.4 Å². The molecule has 0 radical (unpaired) electrons. The van der Waals surface area contributed by atoms with Crippen LogP contribution < -0.4 is 11.3 Å². The number of ether oxygens (including phenoxy) is 1. The minimum absolute atomic E-state index is 0.125. The maximum absolute atomic E-state index is 5.71. The van der Waals surface area contributed by atoms with Crippen LogP contribution in [0.5, 0.6) is 0 Å². The van der Waals surface area contributed by atoms with Crippen LogP contribution in [-0.2, 0) is 4.74 Å². The monoisotopic (exact) mass is 240 g/mol. The lowest BCUT2D eigenvalue weighted by Crippen LogP contribution is -2.42. The molecule has 0 aromatic heterocycles. The van der Waals surface area contributed by atoms with Gasteiger partial charge in [-0.15, -0.1) is 0 Å². The van der Waals surface area contributed by atoms with Crippen molar-refractivity contribution in [1.82, 2.24) is 5.43 Å². The number of nitrogens with two attached hydrogens (primary N) is 1. The highest BCUT2D eigenvalue weighted by Crippen LogP contribution is 2.25. The minimum Gasteiger partial charge on any atom is -0.379 e. The molecule has 0 saturated carbocycles. The Kier molecular flexibility index (Phi) is 6.17. The van der Waals surface area contributed by atoms with Crippen LogP contribution in [0.2, 0.25) is 0 Å². The number of hydrogen-bond acceptors (Lipinski definition) is 3. The molecule has 17 heavy (non-hydrogen) atoms. The molecule has 1 atom stereocenters. The smallest absolute Gasteiger partial charge is 0.0641 e. The molecule has 0 saturated heterocycles. The summed E-state index contributed by atoms with van der Waals surface area (Å²) in [7, 11) is 1.76. The number of hydrazine groups is 1. The van der Waals surface area contributed by atoms with E-state index in [-0.39, 0.29) is 11.6 Å².